The maximum absolute atomic E-state index is 13.1. The molecule has 616 valence electrons. The number of phosphoric ester groups is 2. The first-order chi connectivity index (χ1) is 52.7. The Bertz CT molecular complexity index is 2660. The van der Waals surface area contributed by atoms with Gasteiger partial charge in [0.1, 0.15) is 19.3 Å². The van der Waals surface area contributed by atoms with Crippen LogP contribution < -0.4 is 0 Å². The summed E-state index contributed by atoms with van der Waals surface area (Å²) in [6, 6.07) is 0. The molecule has 0 saturated carbocycles. The van der Waals surface area contributed by atoms with E-state index in [0.29, 0.717) is 32.1 Å². The molecule has 0 rings (SSSR count). The standard InChI is InChI=1S/C89H148O17P2/c1-5-9-13-17-21-25-29-33-37-39-41-43-47-50-54-58-62-66-70-74-87(92)100-80-85(106-89(94)76-72-68-64-60-56-52-48-44-42-40-38-34-30-26-22-18-14-10-6-2)82-104-108(97,98)102-78-83(90)77-101-107(95,96)103-81-84(105-88(93)75-71-67-63-59-55-51-46-36-32-28-24-20-16-12-8-4)79-99-86(91)73-69-65-61-57-53-49-45-35-31-27-23-19-15-11-7-3/h9-10,13-14,21-23,25-27,33-35,37-38,41-45,50,52,54,56,62,66,83-85,90H,5-8,11-12,15-20,24,28-32,36,39-40,46-49,51,53,55,57-61,63-65,67-82H2,1-4H3,(H,95,96)(H,97,98)/b13-9-,14-10-,25-21-,26-22-,27-23-,37-33-,38-34-,43-41-,44-42-,45-35-,54-50-,56-52-,66-62-. The van der Waals surface area contributed by atoms with Gasteiger partial charge in [0.25, 0.3) is 0 Å². The second-order valence-electron chi connectivity index (χ2n) is 27.3. The van der Waals surface area contributed by atoms with Crippen molar-refractivity contribution in [3.63, 3.8) is 0 Å². The fraction of sp³-hybridized carbons (Fsp3) is 0.663. The number of hydrogen-bond donors (Lipinski definition) is 3. The fourth-order valence-electron chi connectivity index (χ4n) is 10.7. The second kappa shape index (κ2) is 79.8. The highest BCUT2D eigenvalue weighted by Gasteiger charge is 2.30. The van der Waals surface area contributed by atoms with Crippen LogP contribution >= 0.6 is 15.6 Å². The Hall–Kier alpha value is -5.32. The van der Waals surface area contributed by atoms with Crippen LogP contribution in [0.4, 0.5) is 0 Å². The van der Waals surface area contributed by atoms with Gasteiger partial charge in [-0.05, 0) is 141 Å². The molecule has 0 fully saturated rings. The summed E-state index contributed by atoms with van der Waals surface area (Å²) in [5, 5.41) is 10.7. The first-order valence-corrected chi connectivity index (χ1v) is 44.7. The Morgan fingerprint density at radius 3 is 0.824 bits per heavy atom. The lowest BCUT2D eigenvalue weighted by molar-refractivity contribution is -0.161. The summed E-state index contributed by atoms with van der Waals surface area (Å²) >= 11 is 0. The van der Waals surface area contributed by atoms with Gasteiger partial charge in [-0.1, -0.05) is 314 Å². The average Bonchev–Trinajstić information content (AvgIpc) is 0.896. The maximum atomic E-state index is 13.1. The molecule has 0 spiro atoms. The zero-order valence-electron chi connectivity index (χ0n) is 67.5. The van der Waals surface area contributed by atoms with Gasteiger partial charge in [0.15, 0.2) is 12.2 Å². The van der Waals surface area contributed by atoms with Crippen molar-refractivity contribution < 1.29 is 80.2 Å². The SMILES string of the molecule is CC/C=C\C/C=C\C/C=C\C/C=C\C/C=C\C/C=C\CCC(=O)OCC(COP(=O)(O)OCC(O)COP(=O)(O)OCC(COC(=O)CCCCCCC/C=C\C/C=C\CCCCC)OC(=O)CCCCCCCCCCCCCCCCC)OC(=O)CCCCC/C=C\C/C=C\C/C=C\C/C=C\C/C=C\CC. The predicted molar refractivity (Wildman–Crippen MR) is 445 cm³/mol. The predicted octanol–water partition coefficient (Wildman–Crippen LogP) is 24.8. The molecule has 19 heteroatoms. The van der Waals surface area contributed by atoms with Crippen LogP contribution in [-0.2, 0) is 65.4 Å². The van der Waals surface area contributed by atoms with Gasteiger partial charge < -0.3 is 33.8 Å². The zero-order valence-corrected chi connectivity index (χ0v) is 69.3. The van der Waals surface area contributed by atoms with E-state index in [1.807, 2.05) is 18.2 Å². The van der Waals surface area contributed by atoms with Crippen molar-refractivity contribution >= 4 is 39.5 Å². The van der Waals surface area contributed by atoms with Crippen molar-refractivity contribution in [2.24, 2.45) is 0 Å². The monoisotopic (exact) mass is 1550 g/mol. The fourth-order valence-corrected chi connectivity index (χ4v) is 12.3. The van der Waals surface area contributed by atoms with Crippen molar-refractivity contribution in [3.8, 4) is 0 Å². The van der Waals surface area contributed by atoms with Crippen LogP contribution in [-0.4, -0.2) is 96.7 Å². The number of aliphatic hydroxyl groups is 1. The molecule has 0 radical (unpaired) electrons. The smallest absolute Gasteiger partial charge is 0.462 e. The lowest BCUT2D eigenvalue weighted by Gasteiger charge is -2.21. The first kappa shape index (κ1) is 103. The molecule has 0 aliphatic heterocycles. The molecule has 0 saturated heterocycles. The molecule has 0 aliphatic carbocycles. The molecule has 0 bridgehead atoms. The molecule has 0 aromatic rings. The van der Waals surface area contributed by atoms with Gasteiger partial charge in [-0.15, -0.1) is 0 Å². The van der Waals surface area contributed by atoms with Crippen LogP contribution in [0.1, 0.15) is 323 Å². The lowest BCUT2D eigenvalue weighted by Crippen LogP contribution is -2.30. The van der Waals surface area contributed by atoms with Gasteiger partial charge in [-0.2, -0.15) is 0 Å². The summed E-state index contributed by atoms with van der Waals surface area (Å²) in [4.78, 5) is 73.1. The number of esters is 4. The molecule has 0 aromatic heterocycles. The molecular formula is C89H148O17P2. The average molecular weight is 1550 g/mol. The van der Waals surface area contributed by atoms with Crippen LogP contribution in [0.5, 0.6) is 0 Å². The molecule has 0 aliphatic rings. The van der Waals surface area contributed by atoms with Gasteiger partial charge in [0, 0.05) is 25.7 Å². The number of rotatable bonds is 77. The Kier molecular flexibility index (Phi) is 75.8. The Balaban J connectivity index is 5.49. The van der Waals surface area contributed by atoms with Crippen molar-refractivity contribution in [2.45, 2.75) is 341 Å². The quantitative estimate of drug-likeness (QED) is 0.0169. The van der Waals surface area contributed by atoms with Crippen LogP contribution in [0.25, 0.3) is 0 Å². The van der Waals surface area contributed by atoms with E-state index >= 15 is 0 Å². The molecule has 5 unspecified atom stereocenters. The molecule has 108 heavy (non-hydrogen) atoms. The summed E-state index contributed by atoms with van der Waals surface area (Å²) in [7, 11) is -10.0. The first-order valence-electron chi connectivity index (χ1n) is 41.7. The number of aliphatic hydroxyl groups excluding tert-OH is 1. The number of carbonyl (C=O) groups excluding carboxylic acids is 4. The minimum Gasteiger partial charge on any atom is -0.462 e. The Morgan fingerprint density at radius 2 is 0.500 bits per heavy atom. The summed E-state index contributed by atoms with van der Waals surface area (Å²) in [6.07, 6.45) is 93.7. The highest BCUT2D eigenvalue weighted by Crippen LogP contribution is 2.45. The maximum Gasteiger partial charge on any atom is 0.472 e. The van der Waals surface area contributed by atoms with Crippen molar-refractivity contribution in [2.75, 3.05) is 39.6 Å². The molecule has 0 aromatic carbocycles. The van der Waals surface area contributed by atoms with Gasteiger partial charge in [-0.3, -0.25) is 37.3 Å². The highest BCUT2D eigenvalue weighted by atomic mass is 31.2. The summed E-state index contributed by atoms with van der Waals surface area (Å²) in [6.45, 7) is 4.51. The summed E-state index contributed by atoms with van der Waals surface area (Å²) < 4.78 is 68.6. The van der Waals surface area contributed by atoms with E-state index in [0.717, 1.165) is 154 Å². The van der Waals surface area contributed by atoms with Gasteiger partial charge in [-0.25, -0.2) is 9.13 Å². The number of carbonyl (C=O) groups is 4. The molecule has 0 heterocycles. The van der Waals surface area contributed by atoms with Gasteiger partial charge in [0.2, 0.25) is 0 Å². The van der Waals surface area contributed by atoms with Crippen LogP contribution in [0.3, 0.4) is 0 Å². The molecule has 3 N–H and O–H groups in total. The third-order valence-electron chi connectivity index (χ3n) is 17.0. The topological polar surface area (TPSA) is 237 Å². The lowest BCUT2D eigenvalue weighted by atomic mass is 10.0. The van der Waals surface area contributed by atoms with E-state index in [9.17, 15) is 43.2 Å². The number of ether oxygens (including phenoxy) is 4. The summed E-state index contributed by atoms with van der Waals surface area (Å²) in [5.74, 6) is -2.32. The number of phosphoric acid groups is 2. The second-order valence-corrected chi connectivity index (χ2v) is 30.2. The van der Waals surface area contributed by atoms with E-state index in [2.05, 4.69) is 167 Å². The van der Waals surface area contributed by atoms with Crippen molar-refractivity contribution in [3.05, 3.63) is 158 Å². The zero-order chi connectivity index (χ0) is 78.9. The van der Waals surface area contributed by atoms with E-state index < -0.39 is 97.5 Å². The van der Waals surface area contributed by atoms with E-state index in [-0.39, 0.29) is 25.7 Å². The third kappa shape index (κ3) is 78.8. The van der Waals surface area contributed by atoms with E-state index in [4.69, 9.17) is 37.0 Å². The molecule has 17 nitrogen and oxygen atoms in total. The third-order valence-corrected chi connectivity index (χ3v) is 18.9. The van der Waals surface area contributed by atoms with Gasteiger partial charge in [0.05, 0.1) is 26.4 Å². The Labute approximate surface area is 655 Å². The highest BCUT2D eigenvalue weighted by molar-refractivity contribution is 7.47. The molecule has 0 amide bonds. The molecule has 5 atom stereocenters. The summed E-state index contributed by atoms with van der Waals surface area (Å²) in [5.41, 5.74) is 0. The normalized spacial score (nSPS) is 14.6. The van der Waals surface area contributed by atoms with Crippen LogP contribution in [0.2, 0.25) is 0 Å². The van der Waals surface area contributed by atoms with Gasteiger partial charge >= 0.3 is 39.5 Å². The number of hydrogen-bond acceptors (Lipinski definition) is 15. The Morgan fingerprint density at radius 1 is 0.269 bits per heavy atom. The number of allylic oxidation sites excluding steroid dienone is 26. The molecular weight excluding hydrogens is 1400 g/mol. The largest absolute Gasteiger partial charge is 0.472 e. The van der Waals surface area contributed by atoms with Crippen molar-refractivity contribution in [1.29, 1.82) is 0 Å². The van der Waals surface area contributed by atoms with Crippen LogP contribution in [0, 0.1) is 0 Å². The van der Waals surface area contributed by atoms with Crippen molar-refractivity contribution in [1.82, 2.24) is 0 Å². The number of unbranched alkanes of at least 4 members (excludes halogenated alkanes) is 25. The van der Waals surface area contributed by atoms with E-state index in [1.54, 1.807) is 0 Å². The minimum atomic E-state index is -5.01. The minimum absolute atomic E-state index is 0.0232. The van der Waals surface area contributed by atoms with E-state index in [1.165, 1.54) is 83.5 Å². The van der Waals surface area contributed by atoms with Crippen LogP contribution in [0.15, 0.2) is 158 Å².